The summed E-state index contributed by atoms with van der Waals surface area (Å²) >= 11 is 3.49. The quantitative estimate of drug-likeness (QED) is 0.726. The van der Waals surface area contributed by atoms with Crippen molar-refractivity contribution in [2.75, 3.05) is 11.9 Å². The lowest BCUT2D eigenvalue weighted by Crippen LogP contribution is -2.09. The summed E-state index contributed by atoms with van der Waals surface area (Å²) in [6.07, 6.45) is 2.23. The Hall–Kier alpha value is -1.74. The summed E-state index contributed by atoms with van der Waals surface area (Å²) in [6, 6.07) is 16.8. The Morgan fingerprint density at radius 2 is 1.95 bits per heavy atom. The average Bonchev–Trinajstić information content (AvgIpc) is 2.77. The van der Waals surface area contributed by atoms with Crippen LogP contribution in [0.5, 0.6) is 0 Å². The normalized spacial score (nSPS) is 10.9. The summed E-state index contributed by atoms with van der Waals surface area (Å²) in [4.78, 5) is 0. The predicted octanol–water partition coefficient (Wildman–Crippen LogP) is 4.82. The molecule has 102 valence electrons. The topological polar surface area (TPSA) is 17.0 Å². The zero-order chi connectivity index (χ0) is 13.9. The average molecular weight is 329 g/mol. The van der Waals surface area contributed by atoms with Crippen LogP contribution >= 0.6 is 15.9 Å². The summed E-state index contributed by atoms with van der Waals surface area (Å²) in [6.45, 7) is 4.04. The van der Waals surface area contributed by atoms with Crippen molar-refractivity contribution in [2.45, 2.75) is 13.5 Å². The Kier molecular flexibility index (Phi) is 3.79. The molecule has 0 radical (unpaired) electrons. The maximum Gasteiger partial charge on any atom is 0.0483 e. The van der Waals surface area contributed by atoms with Crippen molar-refractivity contribution in [3.05, 3.63) is 64.8 Å². The minimum absolute atomic E-state index is 0.911. The van der Waals surface area contributed by atoms with Gasteiger partial charge in [-0.1, -0.05) is 40.2 Å². The number of nitrogens with zero attached hydrogens (tertiary/aromatic N) is 1. The molecule has 0 fully saturated rings. The Labute approximate surface area is 127 Å². The molecule has 0 amide bonds. The molecular formula is C17H17BrN2. The first kappa shape index (κ1) is 13.3. The van der Waals surface area contributed by atoms with E-state index in [4.69, 9.17) is 0 Å². The van der Waals surface area contributed by atoms with Crippen molar-refractivity contribution in [3.8, 4) is 0 Å². The van der Waals surface area contributed by atoms with Gasteiger partial charge in [-0.15, -0.1) is 0 Å². The van der Waals surface area contributed by atoms with E-state index >= 15 is 0 Å². The van der Waals surface area contributed by atoms with Crippen LogP contribution < -0.4 is 5.32 Å². The predicted molar refractivity (Wildman–Crippen MR) is 89.3 cm³/mol. The summed E-state index contributed by atoms with van der Waals surface area (Å²) in [5.74, 6) is 0. The molecule has 3 aromatic rings. The molecule has 0 aliphatic heterocycles. The number of nitrogens with one attached hydrogen (secondary N) is 1. The lowest BCUT2D eigenvalue weighted by Gasteiger charge is -2.09. The van der Waals surface area contributed by atoms with Crippen LogP contribution in [0.2, 0.25) is 0 Å². The molecular weight excluding hydrogens is 312 g/mol. The third-order valence-corrected chi connectivity index (χ3v) is 3.99. The minimum Gasteiger partial charge on any atom is -0.383 e. The molecule has 0 saturated heterocycles. The second-order valence-electron chi connectivity index (χ2n) is 4.96. The number of para-hydroxylation sites is 1. The van der Waals surface area contributed by atoms with Gasteiger partial charge in [0.25, 0.3) is 0 Å². The molecule has 20 heavy (non-hydrogen) atoms. The second kappa shape index (κ2) is 5.71. The molecule has 0 saturated carbocycles. The van der Waals surface area contributed by atoms with Crippen molar-refractivity contribution in [2.24, 2.45) is 0 Å². The number of anilines is 1. The number of benzene rings is 2. The molecule has 0 aliphatic carbocycles. The first-order valence-corrected chi connectivity index (χ1v) is 7.57. The van der Waals surface area contributed by atoms with Crippen molar-refractivity contribution in [1.29, 1.82) is 0 Å². The number of aromatic nitrogens is 1. The molecule has 0 atom stereocenters. The highest BCUT2D eigenvalue weighted by Crippen LogP contribution is 2.20. The molecule has 3 rings (SSSR count). The standard InChI is InChI=1S/C17H17BrN2/c1-13-12-20(17-8-3-2-7-16(13)17)10-9-19-15-6-4-5-14(18)11-15/h2-8,11-12,19H,9-10H2,1H3. The van der Waals surface area contributed by atoms with Crippen molar-refractivity contribution >= 4 is 32.5 Å². The number of hydrogen-bond acceptors (Lipinski definition) is 1. The van der Waals surface area contributed by atoms with Gasteiger partial charge in [-0.2, -0.15) is 0 Å². The SMILES string of the molecule is Cc1cn(CCNc2cccc(Br)c2)c2ccccc12. The molecule has 0 spiro atoms. The molecule has 0 unspecified atom stereocenters. The largest absolute Gasteiger partial charge is 0.383 e. The lowest BCUT2D eigenvalue weighted by molar-refractivity contribution is 0.755. The van der Waals surface area contributed by atoms with Crippen molar-refractivity contribution < 1.29 is 0 Å². The van der Waals surface area contributed by atoms with Gasteiger partial charge < -0.3 is 9.88 Å². The van der Waals surface area contributed by atoms with Crippen molar-refractivity contribution in [3.63, 3.8) is 0 Å². The van der Waals surface area contributed by atoms with E-state index in [1.165, 1.54) is 16.5 Å². The van der Waals surface area contributed by atoms with Crippen LogP contribution in [0.4, 0.5) is 5.69 Å². The number of rotatable bonds is 4. The van der Waals surface area contributed by atoms with E-state index in [9.17, 15) is 0 Å². The molecule has 2 nitrogen and oxygen atoms in total. The zero-order valence-corrected chi connectivity index (χ0v) is 13.0. The van der Waals surface area contributed by atoms with Crippen LogP contribution in [0.25, 0.3) is 10.9 Å². The van der Waals surface area contributed by atoms with Gasteiger partial charge in [0.1, 0.15) is 0 Å². The number of hydrogen-bond donors (Lipinski definition) is 1. The van der Waals surface area contributed by atoms with E-state index in [1.54, 1.807) is 0 Å². The van der Waals surface area contributed by atoms with Gasteiger partial charge in [0.2, 0.25) is 0 Å². The van der Waals surface area contributed by atoms with Crippen LogP contribution in [0.3, 0.4) is 0 Å². The van der Waals surface area contributed by atoms with Gasteiger partial charge >= 0.3 is 0 Å². The summed E-state index contributed by atoms with van der Waals surface area (Å²) < 4.78 is 3.42. The number of halogens is 1. The fourth-order valence-electron chi connectivity index (χ4n) is 2.53. The Balaban J connectivity index is 1.71. The van der Waals surface area contributed by atoms with Crippen LogP contribution in [-0.2, 0) is 6.54 Å². The molecule has 2 aromatic carbocycles. The van der Waals surface area contributed by atoms with E-state index in [0.717, 1.165) is 23.2 Å². The van der Waals surface area contributed by atoms with E-state index in [0.29, 0.717) is 0 Å². The molecule has 1 N–H and O–H groups in total. The fraction of sp³-hybridized carbons (Fsp3) is 0.176. The van der Waals surface area contributed by atoms with E-state index < -0.39 is 0 Å². The molecule has 1 heterocycles. The Morgan fingerprint density at radius 1 is 1.10 bits per heavy atom. The summed E-state index contributed by atoms with van der Waals surface area (Å²) in [5, 5.41) is 4.80. The van der Waals surface area contributed by atoms with Crippen LogP contribution in [-0.4, -0.2) is 11.1 Å². The third kappa shape index (κ3) is 2.73. The number of aryl methyl sites for hydroxylation is 1. The molecule has 1 aromatic heterocycles. The van der Waals surface area contributed by atoms with Gasteiger partial charge in [-0.25, -0.2) is 0 Å². The third-order valence-electron chi connectivity index (χ3n) is 3.49. The van der Waals surface area contributed by atoms with Gasteiger partial charge in [0.05, 0.1) is 0 Å². The first-order chi connectivity index (χ1) is 9.74. The lowest BCUT2D eigenvalue weighted by atomic mass is 10.2. The Morgan fingerprint density at radius 3 is 2.80 bits per heavy atom. The molecule has 3 heteroatoms. The van der Waals surface area contributed by atoms with Gasteiger partial charge in [-0.3, -0.25) is 0 Å². The van der Waals surface area contributed by atoms with Gasteiger partial charge in [0, 0.05) is 40.3 Å². The van der Waals surface area contributed by atoms with Crippen LogP contribution in [0.1, 0.15) is 5.56 Å². The molecule has 0 bridgehead atoms. The first-order valence-electron chi connectivity index (χ1n) is 6.78. The monoisotopic (exact) mass is 328 g/mol. The Bertz CT molecular complexity index is 731. The summed E-state index contributed by atoms with van der Waals surface area (Å²) in [5.41, 5.74) is 3.79. The highest BCUT2D eigenvalue weighted by atomic mass is 79.9. The highest BCUT2D eigenvalue weighted by molar-refractivity contribution is 9.10. The molecule has 0 aliphatic rings. The van der Waals surface area contributed by atoms with Crippen LogP contribution in [0, 0.1) is 6.92 Å². The smallest absolute Gasteiger partial charge is 0.0483 e. The second-order valence-corrected chi connectivity index (χ2v) is 5.88. The van der Waals surface area contributed by atoms with E-state index in [2.05, 4.69) is 75.3 Å². The van der Waals surface area contributed by atoms with E-state index in [1.807, 2.05) is 12.1 Å². The number of fused-ring (bicyclic) bond motifs is 1. The zero-order valence-electron chi connectivity index (χ0n) is 11.4. The maximum absolute atomic E-state index is 3.49. The van der Waals surface area contributed by atoms with Crippen molar-refractivity contribution in [1.82, 2.24) is 4.57 Å². The van der Waals surface area contributed by atoms with E-state index in [-0.39, 0.29) is 0 Å². The minimum atomic E-state index is 0.911. The maximum atomic E-state index is 3.49. The highest BCUT2D eigenvalue weighted by Gasteiger charge is 2.03. The van der Waals surface area contributed by atoms with Gasteiger partial charge in [-0.05, 0) is 36.8 Å². The fourth-order valence-corrected chi connectivity index (χ4v) is 2.93. The van der Waals surface area contributed by atoms with Crippen LogP contribution in [0.15, 0.2) is 59.2 Å². The summed E-state index contributed by atoms with van der Waals surface area (Å²) in [7, 11) is 0. The van der Waals surface area contributed by atoms with Gasteiger partial charge in [0.15, 0.2) is 0 Å².